The highest BCUT2D eigenvalue weighted by molar-refractivity contribution is 5.31. The first-order valence-corrected chi connectivity index (χ1v) is 10.2. The predicted octanol–water partition coefficient (Wildman–Crippen LogP) is 3.76. The summed E-state index contributed by atoms with van der Waals surface area (Å²) in [5.74, 6) is 6.84. The first kappa shape index (κ1) is 22.7. The van der Waals surface area contributed by atoms with Crippen molar-refractivity contribution in [3.05, 3.63) is 24.0 Å². The number of ether oxygens (including phenoxy) is 3. The summed E-state index contributed by atoms with van der Waals surface area (Å²) < 4.78 is 17.1. The van der Waals surface area contributed by atoms with Gasteiger partial charge in [0.25, 0.3) is 0 Å². The highest BCUT2D eigenvalue weighted by Crippen LogP contribution is 2.22. The van der Waals surface area contributed by atoms with E-state index in [1.165, 1.54) is 0 Å². The molecule has 0 aromatic carbocycles. The van der Waals surface area contributed by atoms with E-state index in [0.717, 1.165) is 37.6 Å². The lowest BCUT2D eigenvalue weighted by Crippen LogP contribution is -2.59. The van der Waals surface area contributed by atoms with Gasteiger partial charge in [0, 0.05) is 31.7 Å². The second kappa shape index (κ2) is 10.2. The van der Waals surface area contributed by atoms with E-state index in [9.17, 15) is 0 Å². The van der Waals surface area contributed by atoms with Crippen molar-refractivity contribution in [3.63, 3.8) is 0 Å². The van der Waals surface area contributed by atoms with Gasteiger partial charge in [0.15, 0.2) is 0 Å². The summed E-state index contributed by atoms with van der Waals surface area (Å²) in [6.07, 6.45) is 2.88. The molecule has 5 nitrogen and oxygen atoms in total. The van der Waals surface area contributed by atoms with Crippen molar-refractivity contribution in [1.82, 2.24) is 9.88 Å². The zero-order valence-electron chi connectivity index (χ0n) is 18.4. The van der Waals surface area contributed by atoms with E-state index in [0.29, 0.717) is 25.9 Å². The third kappa shape index (κ3) is 8.60. The van der Waals surface area contributed by atoms with E-state index >= 15 is 0 Å². The Kier molecular flexibility index (Phi) is 8.30. The van der Waals surface area contributed by atoms with Gasteiger partial charge in [-0.15, -0.1) is 0 Å². The lowest BCUT2D eigenvalue weighted by Gasteiger charge is -2.47. The molecule has 0 aliphatic carbocycles. The fraction of sp³-hybridized carbons (Fsp3) is 0.696. The predicted molar refractivity (Wildman–Crippen MR) is 113 cm³/mol. The van der Waals surface area contributed by atoms with Crippen LogP contribution in [0.15, 0.2) is 18.3 Å². The van der Waals surface area contributed by atoms with Gasteiger partial charge in [-0.1, -0.05) is 26.7 Å². The van der Waals surface area contributed by atoms with Crippen LogP contribution in [0.1, 0.15) is 53.7 Å². The minimum absolute atomic E-state index is 0.206. The fourth-order valence-corrected chi connectivity index (χ4v) is 2.65. The number of hydrogen-bond acceptors (Lipinski definition) is 5. The van der Waals surface area contributed by atoms with Crippen LogP contribution in [0, 0.1) is 17.3 Å². The summed E-state index contributed by atoms with van der Waals surface area (Å²) in [4.78, 5) is 6.73. The highest BCUT2D eigenvalue weighted by Gasteiger charge is 2.34. The quantitative estimate of drug-likeness (QED) is 0.501. The normalized spacial score (nSPS) is 15.6. The van der Waals surface area contributed by atoms with Crippen LogP contribution in [0.5, 0.6) is 5.75 Å². The summed E-state index contributed by atoms with van der Waals surface area (Å²) in [5, 5.41) is 0. The SMILES string of the molecule is CC(C)(C)COCCCOc1ccc(C#CCOC2CN(C(C)(C)C)C2)nc1. The smallest absolute Gasteiger partial charge is 0.137 e. The first-order chi connectivity index (χ1) is 13.1. The Balaban J connectivity index is 1.58. The molecule has 1 aliphatic heterocycles. The fourth-order valence-electron chi connectivity index (χ4n) is 2.65. The second-order valence-corrected chi connectivity index (χ2v) is 9.50. The minimum Gasteiger partial charge on any atom is -0.492 e. The molecule has 156 valence electrons. The third-order valence-corrected chi connectivity index (χ3v) is 4.38. The molecule has 5 heteroatoms. The molecular formula is C23H36N2O3. The lowest BCUT2D eigenvalue weighted by molar-refractivity contribution is -0.0794. The molecule has 1 fully saturated rings. The summed E-state index contributed by atoms with van der Waals surface area (Å²) in [5.41, 5.74) is 1.16. The molecule has 0 radical (unpaired) electrons. The average Bonchev–Trinajstić information content (AvgIpc) is 2.55. The molecule has 0 saturated carbocycles. The second-order valence-electron chi connectivity index (χ2n) is 9.50. The number of rotatable bonds is 8. The van der Waals surface area contributed by atoms with E-state index in [4.69, 9.17) is 14.2 Å². The molecule has 0 bridgehead atoms. The van der Waals surface area contributed by atoms with Crippen LogP contribution >= 0.6 is 0 Å². The molecule has 2 rings (SSSR count). The van der Waals surface area contributed by atoms with Crippen molar-refractivity contribution < 1.29 is 14.2 Å². The average molecular weight is 389 g/mol. The number of likely N-dealkylation sites (tertiary alicyclic amines) is 1. The van der Waals surface area contributed by atoms with E-state index in [-0.39, 0.29) is 11.0 Å². The van der Waals surface area contributed by atoms with Gasteiger partial charge < -0.3 is 14.2 Å². The van der Waals surface area contributed by atoms with Crippen molar-refractivity contribution in [2.45, 2.75) is 59.6 Å². The number of hydrogen-bond donors (Lipinski definition) is 0. The van der Waals surface area contributed by atoms with Crippen LogP contribution in [0.2, 0.25) is 0 Å². The number of aromatic nitrogens is 1. The van der Waals surface area contributed by atoms with Crippen molar-refractivity contribution in [2.75, 3.05) is 39.5 Å². The van der Waals surface area contributed by atoms with Gasteiger partial charge >= 0.3 is 0 Å². The molecule has 0 atom stereocenters. The Hall–Kier alpha value is -1.61. The maximum atomic E-state index is 5.78. The Labute approximate surface area is 170 Å². The van der Waals surface area contributed by atoms with Crippen LogP contribution in [0.3, 0.4) is 0 Å². The third-order valence-electron chi connectivity index (χ3n) is 4.38. The van der Waals surface area contributed by atoms with Crippen molar-refractivity contribution in [1.29, 1.82) is 0 Å². The van der Waals surface area contributed by atoms with Gasteiger partial charge in [-0.2, -0.15) is 0 Å². The Morgan fingerprint density at radius 2 is 1.86 bits per heavy atom. The van der Waals surface area contributed by atoms with Crippen LogP contribution in [-0.2, 0) is 9.47 Å². The maximum Gasteiger partial charge on any atom is 0.137 e. The van der Waals surface area contributed by atoms with Gasteiger partial charge in [-0.05, 0) is 44.2 Å². The molecule has 1 saturated heterocycles. The Bertz CT molecular complexity index is 642. The molecular weight excluding hydrogens is 352 g/mol. The summed E-state index contributed by atoms with van der Waals surface area (Å²) in [7, 11) is 0. The molecule has 0 N–H and O–H groups in total. The summed E-state index contributed by atoms with van der Waals surface area (Å²) >= 11 is 0. The van der Waals surface area contributed by atoms with Crippen LogP contribution < -0.4 is 4.74 Å². The van der Waals surface area contributed by atoms with Crippen molar-refractivity contribution in [3.8, 4) is 17.6 Å². The van der Waals surface area contributed by atoms with E-state index in [2.05, 4.69) is 63.3 Å². The van der Waals surface area contributed by atoms with Crippen LogP contribution in [-0.4, -0.2) is 61.0 Å². The standard InChI is InChI=1S/C23H36N2O3/c1-22(2,3)18-26-12-8-14-27-20-11-10-19(24-15-20)9-7-13-28-21-16-25(17-21)23(4,5)6/h10-11,15,21H,8,12-14,16-18H2,1-6H3. The highest BCUT2D eigenvalue weighted by atomic mass is 16.5. The molecule has 0 amide bonds. The largest absolute Gasteiger partial charge is 0.492 e. The molecule has 0 unspecified atom stereocenters. The van der Waals surface area contributed by atoms with E-state index in [1.807, 2.05) is 12.1 Å². The number of nitrogens with zero attached hydrogens (tertiary/aromatic N) is 2. The minimum atomic E-state index is 0.206. The van der Waals surface area contributed by atoms with Gasteiger partial charge in [-0.25, -0.2) is 4.98 Å². The van der Waals surface area contributed by atoms with E-state index in [1.54, 1.807) is 6.20 Å². The van der Waals surface area contributed by atoms with Gasteiger partial charge in [0.05, 0.1) is 25.5 Å². The molecule has 1 aromatic heterocycles. The van der Waals surface area contributed by atoms with Crippen molar-refractivity contribution in [2.24, 2.45) is 5.41 Å². The first-order valence-electron chi connectivity index (χ1n) is 10.2. The summed E-state index contributed by atoms with van der Waals surface area (Å²) in [6, 6.07) is 3.78. The summed E-state index contributed by atoms with van der Waals surface area (Å²) in [6.45, 7) is 17.7. The van der Waals surface area contributed by atoms with Gasteiger partial charge in [-0.3, -0.25) is 4.90 Å². The molecule has 0 spiro atoms. The van der Waals surface area contributed by atoms with Gasteiger partial charge in [0.2, 0.25) is 0 Å². The van der Waals surface area contributed by atoms with Crippen molar-refractivity contribution >= 4 is 0 Å². The molecule has 1 aliphatic rings. The maximum absolute atomic E-state index is 5.78. The molecule has 2 heterocycles. The Morgan fingerprint density at radius 1 is 1.11 bits per heavy atom. The lowest BCUT2D eigenvalue weighted by atomic mass is 9.99. The van der Waals surface area contributed by atoms with E-state index < -0.39 is 0 Å². The van der Waals surface area contributed by atoms with Crippen LogP contribution in [0.25, 0.3) is 0 Å². The topological polar surface area (TPSA) is 43.8 Å². The number of pyridine rings is 1. The zero-order chi connectivity index (χ0) is 20.6. The van der Waals surface area contributed by atoms with Gasteiger partial charge in [0.1, 0.15) is 18.1 Å². The molecule has 28 heavy (non-hydrogen) atoms. The van der Waals surface area contributed by atoms with Crippen LogP contribution in [0.4, 0.5) is 0 Å². The zero-order valence-corrected chi connectivity index (χ0v) is 18.4. The monoisotopic (exact) mass is 388 g/mol. The molecule has 1 aromatic rings. The Morgan fingerprint density at radius 3 is 2.46 bits per heavy atom.